The van der Waals surface area contributed by atoms with Crippen LogP contribution in [0.5, 0.6) is 0 Å². The van der Waals surface area contributed by atoms with Crippen molar-refractivity contribution in [2.24, 2.45) is 0 Å². The Morgan fingerprint density at radius 3 is 2.93 bits per heavy atom. The van der Waals surface area contributed by atoms with Crippen LogP contribution >= 0.6 is 0 Å². The predicted octanol–water partition coefficient (Wildman–Crippen LogP) is 2.26. The van der Waals surface area contributed by atoms with Gasteiger partial charge in [-0.05, 0) is 19.9 Å². The maximum Gasteiger partial charge on any atom is 0.162 e. The second-order valence-electron chi connectivity index (χ2n) is 3.28. The number of carbonyl (C=O) groups excluding carboxylic acids is 1. The molecule has 1 heterocycles. The van der Waals surface area contributed by atoms with E-state index >= 15 is 0 Å². The van der Waals surface area contributed by atoms with Gasteiger partial charge >= 0.3 is 0 Å². The molecule has 0 saturated heterocycles. The van der Waals surface area contributed by atoms with E-state index in [-0.39, 0.29) is 5.78 Å². The number of benzene rings is 1. The van der Waals surface area contributed by atoms with E-state index in [0.29, 0.717) is 5.56 Å². The number of aromatic nitrogens is 2. The fourth-order valence-electron chi connectivity index (χ4n) is 1.54. The van der Waals surface area contributed by atoms with E-state index in [1.54, 1.807) is 6.92 Å². The summed E-state index contributed by atoms with van der Waals surface area (Å²) in [4.78, 5) is 11.3. The monoisotopic (exact) mass is 188 g/mol. The van der Waals surface area contributed by atoms with Gasteiger partial charge < -0.3 is 0 Å². The van der Waals surface area contributed by atoms with Crippen LogP contribution in [0.2, 0.25) is 0 Å². The minimum atomic E-state index is 0.0666. The van der Waals surface area contributed by atoms with Crippen LogP contribution in [0.3, 0.4) is 0 Å². The topological polar surface area (TPSA) is 34.9 Å². The second-order valence-corrected chi connectivity index (χ2v) is 3.28. The highest BCUT2D eigenvalue weighted by atomic mass is 16.1. The Labute approximate surface area is 82.3 Å². The van der Waals surface area contributed by atoms with Crippen molar-refractivity contribution in [3.63, 3.8) is 0 Å². The number of fused-ring (bicyclic) bond motifs is 1. The standard InChI is InChI=1S/C11H12N2O/c1-3-13-7-9-5-4-6-10(8(2)14)11(9)12-13/h4-7H,3H2,1-2H3. The van der Waals surface area contributed by atoms with Crippen molar-refractivity contribution >= 4 is 16.7 Å². The van der Waals surface area contributed by atoms with Crippen molar-refractivity contribution < 1.29 is 4.79 Å². The Morgan fingerprint density at radius 1 is 1.50 bits per heavy atom. The Balaban J connectivity index is 2.73. The number of nitrogens with zero attached hydrogens (tertiary/aromatic N) is 2. The number of aryl methyl sites for hydroxylation is 1. The van der Waals surface area contributed by atoms with E-state index in [0.717, 1.165) is 17.4 Å². The van der Waals surface area contributed by atoms with E-state index < -0.39 is 0 Å². The van der Waals surface area contributed by atoms with Crippen LogP contribution in [-0.2, 0) is 6.54 Å². The first-order valence-corrected chi connectivity index (χ1v) is 4.69. The first-order chi connectivity index (χ1) is 6.72. The van der Waals surface area contributed by atoms with Gasteiger partial charge in [-0.3, -0.25) is 9.48 Å². The maximum atomic E-state index is 11.3. The maximum absolute atomic E-state index is 11.3. The number of hydrogen-bond acceptors (Lipinski definition) is 2. The first kappa shape index (κ1) is 8.94. The highest BCUT2D eigenvalue weighted by molar-refractivity contribution is 6.05. The van der Waals surface area contributed by atoms with E-state index in [9.17, 15) is 4.79 Å². The van der Waals surface area contributed by atoms with Crippen molar-refractivity contribution in [2.75, 3.05) is 0 Å². The minimum Gasteiger partial charge on any atom is -0.294 e. The molecule has 0 atom stereocenters. The summed E-state index contributed by atoms with van der Waals surface area (Å²) in [6.45, 7) is 4.42. The third kappa shape index (κ3) is 1.31. The molecule has 0 fully saturated rings. The van der Waals surface area contributed by atoms with Gasteiger partial charge in [0, 0.05) is 23.7 Å². The number of Topliss-reactive ketones (excluding diaryl/α,β-unsaturated/α-hetero) is 1. The molecule has 0 unspecified atom stereocenters. The normalized spacial score (nSPS) is 10.7. The SMILES string of the molecule is CCn1cc2cccc(C(C)=O)c2n1. The Morgan fingerprint density at radius 2 is 2.29 bits per heavy atom. The van der Waals surface area contributed by atoms with Gasteiger partial charge in [0.25, 0.3) is 0 Å². The van der Waals surface area contributed by atoms with Crippen LogP contribution < -0.4 is 0 Å². The molecule has 0 spiro atoms. The molecule has 1 aromatic carbocycles. The molecule has 0 amide bonds. The molecule has 1 aromatic heterocycles. The number of ketones is 1. The fourth-order valence-corrected chi connectivity index (χ4v) is 1.54. The zero-order valence-electron chi connectivity index (χ0n) is 8.32. The molecular weight excluding hydrogens is 176 g/mol. The van der Waals surface area contributed by atoms with E-state index in [2.05, 4.69) is 5.10 Å². The number of hydrogen-bond donors (Lipinski definition) is 0. The quantitative estimate of drug-likeness (QED) is 0.677. The molecule has 0 radical (unpaired) electrons. The van der Waals surface area contributed by atoms with Gasteiger partial charge in [-0.15, -0.1) is 0 Å². The summed E-state index contributed by atoms with van der Waals surface area (Å²) in [5.41, 5.74) is 1.51. The van der Waals surface area contributed by atoms with Crippen molar-refractivity contribution in [2.45, 2.75) is 20.4 Å². The zero-order valence-corrected chi connectivity index (χ0v) is 8.32. The van der Waals surface area contributed by atoms with Crippen LogP contribution in [0.25, 0.3) is 10.9 Å². The van der Waals surface area contributed by atoms with E-state index in [1.165, 1.54) is 0 Å². The van der Waals surface area contributed by atoms with E-state index in [1.807, 2.05) is 36.0 Å². The second kappa shape index (κ2) is 3.25. The molecule has 0 bridgehead atoms. The molecule has 0 aliphatic rings. The lowest BCUT2D eigenvalue weighted by Crippen LogP contribution is -1.96. The largest absolute Gasteiger partial charge is 0.294 e. The Hall–Kier alpha value is -1.64. The van der Waals surface area contributed by atoms with Crippen LogP contribution in [0.1, 0.15) is 24.2 Å². The van der Waals surface area contributed by atoms with Gasteiger partial charge in [-0.2, -0.15) is 5.10 Å². The predicted molar refractivity (Wildman–Crippen MR) is 55.4 cm³/mol. The van der Waals surface area contributed by atoms with Gasteiger partial charge in [-0.1, -0.05) is 12.1 Å². The van der Waals surface area contributed by atoms with Gasteiger partial charge in [0.15, 0.2) is 5.78 Å². The van der Waals surface area contributed by atoms with Crippen molar-refractivity contribution in [1.29, 1.82) is 0 Å². The third-order valence-corrected chi connectivity index (χ3v) is 2.29. The summed E-state index contributed by atoms with van der Waals surface area (Å²) in [5, 5.41) is 5.38. The lowest BCUT2D eigenvalue weighted by Gasteiger charge is -1.95. The summed E-state index contributed by atoms with van der Waals surface area (Å²) in [6, 6.07) is 5.68. The molecule has 14 heavy (non-hydrogen) atoms. The summed E-state index contributed by atoms with van der Waals surface area (Å²) in [5.74, 6) is 0.0666. The fraction of sp³-hybridized carbons (Fsp3) is 0.273. The molecule has 2 rings (SSSR count). The third-order valence-electron chi connectivity index (χ3n) is 2.29. The lowest BCUT2D eigenvalue weighted by molar-refractivity contribution is 0.101. The van der Waals surface area contributed by atoms with Crippen LogP contribution in [0, 0.1) is 0 Å². The molecular formula is C11H12N2O. The zero-order chi connectivity index (χ0) is 10.1. The average Bonchev–Trinajstić information content (AvgIpc) is 2.59. The van der Waals surface area contributed by atoms with E-state index in [4.69, 9.17) is 0 Å². The Bertz CT molecular complexity index is 485. The van der Waals surface area contributed by atoms with Crippen LogP contribution in [0.15, 0.2) is 24.4 Å². The molecule has 72 valence electrons. The number of rotatable bonds is 2. The summed E-state index contributed by atoms with van der Waals surface area (Å²) in [7, 11) is 0. The molecule has 3 heteroatoms. The summed E-state index contributed by atoms with van der Waals surface area (Å²) >= 11 is 0. The molecule has 0 aliphatic carbocycles. The highest BCUT2D eigenvalue weighted by Gasteiger charge is 2.08. The minimum absolute atomic E-state index is 0.0666. The first-order valence-electron chi connectivity index (χ1n) is 4.69. The van der Waals surface area contributed by atoms with Gasteiger partial charge in [0.05, 0.1) is 0 Å². The van der Waals surface area contributed by atoms with Crippen LogP contribution in [-0.4, -0.2) is 15.6 Å². The van der Waals surface area contributed by atoms with Crippen LogP contribution in [0.4, 0.5) is 0 Å². The lowest BCUT2D eigenvalue weighted by atomic mass is 10.1. The molecule has 0 aliphatic heterocycles. The van der Waals surface area contributed by atoms with Crippen molar-refractivity contribution in [3.8, 4) is 0 Å². The molecule has 3 nitrogen and oxygen atoms in total. The molecule has 0 saturated carbocycles. The average molecular weight is 188 g/mol. The smallest absolute Gasteiger partial charge is 0.162 e. The summed E-state index contributed by atoms with van der Waals surface area (Å²) in [6.07, 6.45) is 1.96. The van der Waals surface area contributed by atoms with Gasteiger partial charge in [0.2, 0.25) is 0 Å². The van der Waals surface area contributed by atoms with Crippen molar-refractivity contribution in [3.05, 3.63) is 30.0 Å². The molecule has 2 aromatic rings. The highest BCUT2D eigenvalue weighted by Crippen LogP contribution is 2.17. The van der Waals surface area contributed by atoms with Gasteiger partial charge in [-0.25, -0.2) is 0 Å². The molecule has 0 N–H and O–H groups in total. The van der Waals surface area contributed by atoms with Crippen molar-refractivity contribution in [1.82, 2.24) is 9.78 Å². The Kier molecular flexibility index (Phi) is 2.08. The van der Waals surface area contributed by atoms with Gasteiger partial charge in [0.1, 0.15) is 5.52 Å². The summed E-state index contributed by atoms with van der Waals surface area (Å²) < 4.78 is 1.84. The number of carbonyl (C=O) groups is 1.